The molecule has 0 aliphatic carbocycles. The summed E-state index contributed by atoms with van der Waals surface area (Å²) in [4.78, 5) is 0. The van der Waals surface area contributed by atoms with Gasteiger partial charge in [-0.1, -0.05) is 34.7 Å². The third kappa shape index (κ3) is 4.15. The average Bonchev–Trinajstić information content (AvgIpc) is 2.20. The maximum absolute atomic E-state index is 5.69. The number of alkyl halides is 1. The van der Waals surface area contributed by atoms with Crippen molar-refractivity contribution in [2.75, 3.05) is 30.0 Å². The molecule has 0 atom stereocenters. The summed E-state index contributed by atoms with van der Waals surface area (Å²) in [6.07, 6.45) is 0. The second-order valence-electron chi connectivity index (χ2n) is 2.69. The van der Waals surface area contributed by atoms with Crippen LogP contribution in [0.5, 0.6) is 5.75 Å². The van der Waals surface area contributed by atoms with E-state index in [1.807, 2.05) is 24.3 Å². The Hall–Kier alpha value is -0.490. The molecule has 0 aromatic heterocycles. The predicted octanol–water partition coefficient (Wildman–Crippen LogP) is 2.10. The lowest BCUT2D eigenvalue weighted by molar-refractivity contribution is 0.113. The maximum atomic E-state index is 5.69. The number of halogens is 1. The Labute approximate surface area is 97.7 Å². The van der Waals surface area contributed by atoms with Crippen molar-refractivity contribution in [3.05, 3.63) is 24.3 Å². The Morgan fingerprint density at radius 1 is 1.14 bits per heavy atom. The first-order valence-electron chi connectivity index (χ1n) is 4.45. The monoisotopic (exact) mass is 307 g/mol. The molecule has 0 amide bonds. The van der Waals surface area contributed by atoms with E-state index >= 15 is 0 Å². The quantitative estimate of drug-likeness (QED) is 0.379. The van der Waals surface area contributed by atoms with Crippen LogP contribution in [0.15, 0.2) is 24.3 Å². The van der Waals surface area contributed by atoms with Gasteiger partial charge in [0.2, 0.25) is 0 Å². The van der Waals surface area contributed by atoms with E-state index in [4.69, 9.17) is 15.2 Å². The molecule has 0 saturated heterocycles. The van der Waals surface area contributed by atoms with Crippen LogP contribution in [0.2, 0.25) is 0 Å². The van der Waals surface area contributed by atoms with Gasteiger partial charge in [0.1, 0.15) is 12.4 Å². The molecule has 2 N–H and O–H groups in total. The Balaban J connectivity index is 2.21. The highest BCUT2D eigenvalue weighted by Gasteiger charge is 1.97. The summed E-state index contributed by atoms with van der Waals surface area (Å²) in [5, 5.41) is 0. The first-order chi connectivity index (χ1) is 6.84. The summed E-state index contributed by atoms with van der Waals surface area (Å²) < 4.78 is 11.7. The fourth-order valence-corrected chi connectivity index (χ4v) is 1.29. The van der Waals surface area contributed by atoms with Gasteiger partial charge in [-0.3, -0.25) is 0 Å². The highest BCUT2D eigenvalue weighted by molar-refractivity contribution is 14.1. The number of para-hydroxylation sites is 2. The van der Waals surface area contributed by atoms with Crippen molar-refractivity contribution in [2.24, 2.45) is 0 Å². The molecule has 0 bridgehead atoms. The van der Waals surface area contributed by atoms with Crippen molar-refractivity contribution in [2.45, 2.75) is 0 Å². The number of hydrogen-bond acceptors (Lipinski definition) is 3. The van der Waals surface area contributed by atoms with Gasteiger partial charge in [0.15, 0.2) is 0 Å². The average molecular weight is 307 g/mol. The summed E-state index contributed by atoms with van der Waals surface area (Å²) in [6.45, 7) is 1.93. The minimum atomic E-state index is 0.546. The molecular formula is C10H14INO2. The fraction of sp³-hybridized carbons (Fsp3) is 0.400. The molecule has 14 heavy (non-hydrogen) atoms. The van der Waals surface area contributed by atoms with Gasteiger partial charge in [-0.05, 0) is 12.1 Å². The number of rotatable bonds is 6. The van der Waals surface area contributed by atoms with Crippen molar-refractivity contribution >= 4 is 28.3 Å². The fourth-order valence-electron chi connectivity index (χ4n) is 0.979. The summed E-state index contributed by atoms with van der Waals surface area (Å²) in [5.74, 6) is 0.727. The van der Waals surface area contributed by atoms with Crippen LogP contribution in [0.4, 0.5) is 5.69 Å². The maximum Gasteiger partial charge on any atom is 0.142 e. The van der Waals surface area contributed by atoms with Crippen molar-refractivity contribution in [1.82, 2.24) is 0 Å². The van der Waals surface area contributed by atoms with E-state index < -0.39 is 0 Å². The number of ether oxygens (including phenoxy) is 2. The molecule has 0 aliphatic heterocycles. The van der Waals surface area contributed by atoms with Crippen molar-refractivity contribution in [3.8, 4) is 5.75 Å². The highest BCUT2D eigenvalue weighted by atomic mass is 127. The lowest BCUT2D eigenvalue weighted by Crippen LogP contribution is -2.08. The van der Waals surface area contributed by atoms with E-state index in [-0.39, 0.29) is 0 Å². The highest BCUT2D eigenvalue weighted by Crippen LogP contribution is 2.19. The number of hydrogen-bond donors (Lipinski definition) is 1. The van der Waals surface area contributed by atoms with Gasteiger partial charge in [-0.15, -0.1) is 0 Å². The largest absolute Gasteiger partial charge is 0.489 e. The molecule has 0 aliphatic rings. The minimum Gasteiger partial charge on any atom is -0.489 e. The SMILES string of the molecule is Nc1ccccc1OCCOCCI. The summed E-state index contributed by atoms with van der Waals surface area (Å²) in [7, 11) is 0. The molecule has 0 spiro atoms. The van der Waals surface area contributed by atoms with Crippen LogP contribution in [-0.2, 0) is 4.74 Å². The number of benzene rings is 1. The molecule has 0 heterocycles. The first kappa shape index (κ1) is 11.6. The lowest BCUT2D eigenvalue weighted by atomic mass is 10.3. The molecule has 0 saturated carbocycles. The first-order valence-corrected chi connectivity index (χ1v) is 5.98. The molecule has 0 fully saturated rings. The van der Waals surface area contributed by atoms with E-state index in [0.717, 1.165) is 16.8 Å². The zero-order chi connectivity index (χ0) is 10.2. The predicted molar refractivity (Wildman–Crippen MR) is 66.1 cm³/mol. The number of anilines is 1. The molecule has 1 aromatic rings. The van der Waals surface area contributed by atoms with Gasteiger partial charge in [-0.25, -0.2) is 0 Å². The van der Waals surface area contributed by atoms with Crippen LogP contribution < -0.4 is 10.5 Å². The van der Waals surface area contributed by atoms with E-state index in [2.05, 4.69) is 22.6 Å². The van der Waals surface area contributed by atoms with Gasteiger partial charge < -0.3 is 15.2 Å². The number of nitrogens with two attached hydrogens (primary N) is 1. The standard InChI is InChI=1S/C10H14INO2/c11-5-6-13-7-8-14-10-4-2-1-3-9(10)12/h1-4H,5-8,12H2. The zero-order valence-electron chi connectivity index (χ0n) is 7.91. The van der Waals surface area contributed by atoms with E-state index in [1.54, 1.807) is 0 Å². The Morgan fingerprint density at radius 3 is 2.64 bits per heavy atom. The van der Waals surface area contributed by atoms with E-state index in [1.165, 1.54) is 0 Å². The third-order valence-electron chi connectivity index (χ3n) is 1.63. The van der Waals surface area contributed by atoms with Gasteiger partial charge >= 0.3 is 0 Å². The second-order valence-corrected chi connectivity index (χ2v) is 3.77. The molecular weight excluding hydrogens is 293 g/mol. The molecule has 4 heteroatoms. The smallest absolute Gasteiger partial charge is 0.142 e. The van der Waals surface area contributed by atoms with Crippen LogP contribution in [-0.4, -0.2) is 24.2 Å². The molecule has 1 aromatic carbocycles. The minimum absolute atomic E-state index is 0.546. The normalized spacial score (nSPS) is 10.1. The van der Waals surface area contributed by atoms with Crippen molar-refractivity contribution < 1.29 is 9.47 Å². The van der Waals surface area contributed by atoms with Crippen molar-refractivity contribution in [3.63, 3.8) is 0 Å². The van der Waals surface area contributed by atoms with Gasteiger partial charge in [0.25, 0.3) is 0 Å². The Morgan fingerprint density at radius 2 is 1.93 bits per heavy atom. The zero-order valence-corrected chi connectivity index (χ0v) is 10.1. The molecule has 3 nitrogen and oxygen atoms in total. The van der Waals surface area contributed by atoms with Crippen LogP contribution >= 0.6 is 22.6 Å². The Kier molecular flexibility index (Phi) is 5.70. The van der Waals surface area contributed by atoms with E-state index in [9.17, 15) is 0 Å². The summed E-state index contributed by atoms with van der Waals surface area (Å²) in [5.41, 5.74) is 6.36. The van der Waals surface area contributed by atoms with Crippen LogP contribution in [0.25, 0.3) is 0 Å². The van der Waals surface area contributed by atoms with Crippen molar-refractivity contribution in [1.29, 1.82) is 0 Å². The topological polar surface area (TPSA) is 44.5 Å². The number of nitrogen functional groups attached to an aromatic ring is 1. The van der Waals surface area contributed by atoms with Gasteiger partial charge in [0, 0.05) is 4.43 Å². The van der Waals surface area contributed by atoms with E-state index in [0.29, 0.717) is 18.9 Å². The Bertz CT molecular complexity index is 268. The van der Waals surface area contributed by atoms with Gasteiger partial charge in [-0.2, -0.15) is 0 Å². The van der Waals surface area contributed by atoms with Gasteiger partial charge in [0.05, 0.1) is 18.9 Å². The summed E-state index contributed by atoms with van der Waals surface area (Å²) in [6, 6.07) is 7.46. The third-order valence-corrected chi connectivity index (χ3v) is 2.07. The van der Waals surface area contributed by atoms with Crippen LogP contribution in [0, 0.1) is 0 Å². The molecule has 1 rings (SSSR count). The molecule has 78 valence electrons. The molecule has 0 unspecified atom stereocenters. The van der Waals surface area contributed by atoms with Crippen LogP contribution in [0.1, 0.15) is 0 Å². The molecule has 0 radical (unpaired) electrons. The summed E-state index contributed by atoms with van der Waals surface area (Å²) >= 11 is 2.27. The van der Waals surface area contributed by atoms with Crippen LogP contribution in [0.3, 0.4) is 0 Å². The second kappa shape index (κ2) is 6.89. The lowest BCUT2D eigenvalue weighted by Gasteiger charge is -2.08.